The topological polar surface area (TPSA) is 35.6 Å². The van der Waals surface area contributed by atoms with Crippen LogP contribution in [0.2, 0.25) is 0 Å². The quantitative estimate of drug-likeness (QED) is 0.800. The largest absolute Gasteiger partial charge is 0.416 e. The summed E-state index contributed by atoms with van der Waals surface area (Å²) >= 11 is 0. The second-order valence-corrected chi connectivity index (χ2v) is 7.45. The number of aryl methyl sites for hydroxylation is 1. The monoisotopic (exact) mass is 405 g/mol. The van der Waals surface area contributed by atoms with Gasteiger partial charge in [-0.15, -0.1) is 0 Å². The van der Waals surface area contributed by atoms with Crippen LogP contribution in [-0.2, 0) is 24.1 Å². The van der Waals surface area contributed by atoms with Gasteiger partial charge in [0.15, 0.2) is 0 Å². The number of amides is 1. The first-order valence-electron chi connectivity index (χ1n) is 9.73. The second-order valence-electron chi connectivity index (χ2n) is 7.45. The summed E-state index contributed by atoms with van der Waals surface area (Å²) < 4.78 is 37.9. The molecule has 1 saturated heterocycles. The van der Waals surface area contributed by atoms with Crippen LogP contribution in [-0.4, -0.2) is 48.4 Å². The predicted octanol–water partition coefficient (Wildman–Crippen LogP) is 3.45. The highest BCUT2D eigenvalue weighted by atomic mass is 19.4. The van der Waals surface area contributed by atoms with Gasteiger partial charge in [0, 0.05) is 39.3 Å². The highest BCUT2D eigenvalue weighted by Crippen LogP contribution is 2.29. The number of halogens is 3. The third-order valence-electron chi connectivity index (χ3n) is 5.26. The molecule has 29 heavy (non-hydrogen) atoms. The summed E-state index contributed by atoms with van der Waals surface area (Å²) in [7, 11) is 0. The summed E-state index contributed by atoms with van der Waals surface area (Å²) in [5.41, 5.74) is 2.51. The van der Waals surface area contributed by atoms with E-state index >= 15 is 0 Å². The van der Waals surface area contributed by atoms with Crippen molar-refractivity contribution < 1.29 is 18.0 Å². The second kappa shape index (κ2) is 9.41. The van der Waals surface area contributed by atoms with Crippen LogP contribution < -0.4 is 5.32 Å². The molecule has 0 spiro atoms. The van der Waals surface area contributed by atoms with E-state index in [0.29, 0.717) is 19.6 Å². The maximum absolute atomic E-state index is 12.6. The summed E-state index contributed by atoms with van der Waals surface area (Å²) in [6, 6.07) is 13.3. The lowest BCUT2D eigenvalue weighted by atomic mass is 10.1. The number of piperazine rings is 1. The summed E-state index contributed by atoms with van der Waals surface area (Å²) in [5, 5.41) is 2.97. The average Bonchev–Trinajstić information content (AvgIpc) is 2.69. The van der Waals surface area contributed by atoms with Crippen molar-refractivity contribution in [2.24, 2.45) is 0 Å². The van der Waals surface area contributed by atoms with Crippen molar-refractivity contribution in [2.45, 2.75) is 26.2 Å². The number of nitrogens with one attached hydrogen (secondary N) is 1. The van der Waals surface area contributed by atoms with E-state index in [4.69, 9.17) is 0 Å². The number of carbonyl (C=O) groups excluding carboxylic acids is 1. The SMILES string of the molecule is Cc1ccccc1CNC(=O)CN1CCN(Cc2ccc(C(F)(F)F)cc2)CC1. The molecule has 2 aromatic carbocycles. The third kappa shape index (κ3) is 6.30. The number of carbonyl (C=O) groups is 1. The van der Waals surface area contributed by atoms with Gasteiger partial charge in [0.25, 0.3) is 0 Å². The highest BCUT2D eigenvalue weighted by molar-refractivity contribution is 5.78. The van der Waals surface area contributed by atoms with Crippen molar-refractivity contribution in [3.8, 4) is 0 Å². The van der Waals surface area contributed by atoms with Crippen molar-refractivity contribution in [1.82, 2.24) is 15.1 Å². The molecule has 1 fully saturated rings. The Hall–Kier alpha value is -2.38. The van der Waals surface area contributed by atoms with Gasteiger partial charge in [-0.05, 0) is 35.7 Å². The Bertz CT molecular complexity index is 813. The first kappa shape index (κ1) is 21.3. The number of nitrogens with zero attached hydrogens (tertiary/aromatic N) is 2. The van der Waals surface area contributed by atoms with Gasteiger partial charge < -0.3 is 5.32 Å². The molecule has 1 aliphatic heterocycles. The lowest BCUT2D eigenvalue weighted by Gasteiger charge is -2.34. The molecule has 1 N–H and O–H groups in total. The summed E-state index contributed by atoms with van der Waals surface area (Å²) in [6.45, 7) is 6.62. The minimum atomic E-state index is -4.30. The molecule has 4 nitrogen and oxygen atoms in total. The standard InChI is InChI=1S/C22H26F3N3O/c1-17-4-2-3-5-19(17)14-26-21(29)16-28-12-10-27(11-13-28)15-18-6-8-20(9-7-18)22(23,24)25/h2-9H,10-16H2,1H3,(H,26,29). The van der Waals surface area contributed by atoms with Gasteiger partial charge in [0.05, 0.1) is 12.1 Å². The average molecular weight is 405 g/mol. The van der Waals surface area contributed by atoms with Crippen LogP contribution in [0, 0.1) is 6.92 Å². The van der Waals surface area contributed by atoms with Crippen LogP contribution in [0.1, 0.15) is 22.3 Å². The molecular formula is C22H26F3N3O. The molecule has 2 aromatic rings. The maximum Gasteiger partial charge on any atom is 0.416 e. The predicted molar refractivity (Wildman–Crippen MR) is 106 cm³/mol. The van der Waals surface area contributed by atoms with Crippen LogP contribution in [0.5, 0.6) is 0 Å². The zero-order valence-corrected chi connectivity index (χ0v) is 16.5. The van der Waals surface area contributed by atoms with E-state index in [0.717, 1.165) is 55.0 Å². The lowest BCUT2D eigenvalue weighted by molar-refractivity contribution is -0.137. The first-order chi connectivity index (χ1) is 13.8. The van der Waals surface area contributed by atoms with Crippen molar-refractivity contribution in [3.63, 3.8) is 0 Å². The molecular weight excluding hydrogens is 379 g/mol. The van der Waals surface area contributed by atoms with Gasteiger partial charge in [0.2, 0.25) is 5.91 Å². The van der Waals surface area contributed by atoms with Crippen LogP contribution >= 0.6 is 0 Å². The molecule has 0 aromatic heterocycles. The minimum absolute atomic E-state index is 0.00411. The van der Waals surface area contributed by atoms with Crippen LogP contribution in [0.25, 0.3) is 0 Å². The molecule has 7 heteroatoms. The van der Waals surface area contributed by atoms with E-state index in [2.05, 4.69) is 15.1 Å². The van der Waals surface area contributed by atoms with Crippen molar-refractivity contribution in [1.29, 1.82) is 0 Å². The Balaban J connectivity index is 1.40. The lowest BCUT2D eigenvalue weighted by Crippen LogP contribution is -2.49. The summed E-state index contributed by atoms with van der Waals surface area (Å²) in [5.74, 6) is 0.00411. The zero-order valence-electron chi connectivity index (χ0n) is 16.5. The molecule has 0 saturated carbocycles. The first-order valence-corrected chi connectivity index (χ1v) is 9.73. The fourth-order valence-electron chi connectivity index (χ4n) is 3.42. The Morgan fingerprint density at radius 3 is 2.21 bits per heavy atom. The fourth-order valence-corrected chi connectivity index (χ4v) is 3.42. The van der Waals surface area contributed by atoms with Crippen LogP contribution in [0.3, 0.4) is 0 Å². The Morgan fingerprint density at radius 2 is 1.59 bits per heavy atom. The summed E-state index contributed by atoms with van der Waals surface area (Å²) in [4.78, 5) is 16.5. The number of benzene rings is 2. The van der Waals surface area contributed by atoms with Gasteiger partial charge in [-0.3, -0.25) is 14.6 Å². The normalized spacial score (nSPS) is 16.0. The molecule has 0 radical (unpaired) electrons. The number of hydrogen-bond donors (Lipinski definition) is 1. The molecule has 0 unspecified atom stereocenters. The molecule has 1 heterocycles. The highest BCUT2D eigenvalue weighted by Gasteiger charge is 2.30. The molecule has 0 aliphatic carbocycles. The van der Waals surface area contributed by atoms with E-state index in [1.807, 2.05) is 31.2 Å². The third-order valence-corrected chi connectivity index (χ3v) is 5.26. The van der Waals surface area contributed by atoms with Gasteiger partial charge >= 0.3 is 6.18 Å². The van der Waals surface area contributed by atoms with Crippen molar-refractivity contribution >= 4 is 5.91 Å². The number of alkyl halides is 3. The van der Waals surface area contributed by atoms with Gasteiger partial charge in [-0.2, -0.15) is 13.2 Å². The molecule has 156 valence electrons. The van der Waals surface area contributed by atoms with E-state index < -0.39 is 11.7 Å². The smallest absolute Gasteiger partial charge is 0.351 e. The minimum Gasteiger partial charge on any atom is -0.351 e. The van der Waals surface area contributed by atoms with E-state index in [1.54, 1.807) is 0 Å². The van der Waals surface area contributed by atoms with Gasteiger partial charge in [-0.25, -0.2) is 0 Å². The van der Waals surface area contributed by atoms with Crippen LogP contribution in [0.4, 0.5) is 13.2 Å². The molecule has 0 bridgehead atoms. The Labute approximate surface area is 169 Å². The Morgan fingerprint density at radius 1 is 0.966 bits per heavy atom. The Kier molecular flexibility index (Phi) is 6.92. The molecule has 3 rings (SSSR count). The zero-order chi connectivity index (χ0) is 20.9. The van der Waals surface area contributed by atoms with Gasteiger partial charge in [0.1, 0.15) is 0 Å². The van der Waals surface area contributed by atoms with Gasteiger partial charge in [-0.1, -0.05) is 36.4 Å². The molecule has 0 atom stereocenters. The molecule has 1 amide bonds. The van der Waals surface area contributed by atoms with E-state index in [1.165, 1.54) is 12.1 Å². The van der Waals surface area contributed by atoms with Crippen LogP contribution in [0.15, 0.2) is 48.5 Å². The summed E-state index contributed by atoms with van der Waals surface area (Å²) in [6.07, 6.45) is -4.30. The fraction of sp³-hybridized carbons (Fsp3) is 0.409. The maximum atomic E-state index is 12.6. The van der Waals surface area contributed by atoms with Crippen molar-refractivity contribution in [3.05, 3.63) is 70.8 Å². The number of rotatable bonds is 6. The van der Waals surface area contributed by atoms with E-state index in [-0.39, 0.29) is 5.91 Å². The molecule has 1 aliphatic rings. The number of hydrogen-bond acceptors (Lipinski definition) is 3. The van der Waals surface area contributed by atoms with Crippen molar-refractivity contribution in [2.75, 3.05) is 32.7 Å². The van der Waals surface area contributed by atoms with E-state index in [9.17, 15) is 18.0 Å².